The van der Waals surface area contributed by atoms with Crippen LogP contribution in [0.1, 0.15) is 52.0 Å². The van der Waals surface area contributed by atoms with Gasteiger partial charge in [-0.2, -0.15) is 0 Å². The summed E-state index contributed by atoms with van der Waals surface area (Å²) in [5, 5.41) is 10.3. The van der Waals surface area contributed by atoms with Gasteiger partial charge in [0, 0.05) is 25.1 Å². The van der Waals surface area contributed by atoms with E-state index < -0.39 is 0 Å². The summed E-state index contributed by atoms with van der Waals surface area (Å²) in [4.78, 5) is 37.5. The van der Waals surface area contributed by atoms with E-state index >= 15 is 0 Å². The predicted octanol–water partition coefficient (Wildman–Crippen LogP) is 9.40. The summed E-state index contributed by atoms with van der Waals surface area (Å²) in [6.07, 6.45) is 0.769. The van der Waals surface area contributed by atoms with Crippen LogP contribution in [0.15, 0.2) is 80.2 Å². The Bertz CT molecular complexity index is 1810. The number of aldehydes is 1. The Labute approximate surface area is 311 Å². The Morgan fingerprint density at radius 1 is 0.660 bits per heavy atom. The van der Waals surface area contributed by atoms with E-state index in [-0.39, 0.29) is 31.8 Å². The minimum absolute atomic E-state index is 0.0324. The van der Waals surface area contributed by atoms with Crippen molar-refractivity contribution in [2.24, 2.45) is 0 Å². The molecule has 0 heterocycles. The van der Waals surface area contributed by atoms with Gasteiger partial charge in [0.15, 0.2) is 13.2 Å². The molecule has 0 unspecified atom stereocenters. The summed E-state index contributed by atoms with van der Waals surface area (Å²) in [6, 6.07) is 18.5. The van der Waals surface area contributed by atoms with Gasteiger partial charge in [0.25, 0.3) is 0 Å². The lowest BCUT2D eigenvalue weighted by atomic mass is 10.1. The highest BCUT2D eigenvalue weighted by Gasteiger charge is 2.13. The van der Waals surface area contributed by atoms with Crippen LogP contribution in [-0.4, -0.2) is 49.8 Å². The highest BCUT2D eigenvalue weighted by atomic mass is 35.5. The quantitative estimate of drug-likeness (QED) is 0.0987. The fourth-order valence-corrected chi connectivity index (χ4v) is 6.97. The fourth-order valence-electron chi connectivity index (χ4n) is 4.37. The smallest absolute Gasteiger partial charge is 0.344 e. The second-order valence-corrected chi connectivity index (χ2v) is 13.9. The van der Waals surface area contributed by atoms with Gasteiger partial charge < -0.3 is 24.1 Å². The van der Waals surface area contributed by atoms with Crippen LogP contribution < -0.4 is 9.47 Å². The molecule has 0 radical (unpaired) electrons. The molecule has 0 saturated carbocycles. The summed E-state index contributed by atoms with van der Waals surface area (Å²) >= 11 is 15.6. The molecule has 0 aliphatic heterocycles. The van der Waals surface area contributed by atoms with E-state index in [0.29, 0.717) is 40.3 Å². The van der Waals surface area contributed by atoms with Crippen molar-refractivity contribution in [3.05, 3.63) is 104 Å². The van der Waals surface area contributed by atoms with Crippen LogP contribution in [-0.2, 0) is 25.7 Å². The van der Waals surface area contributed by atoms with Crippen molar-refractivity contribution in [1.29, 1.82) is 0 Å². The van der Waals surface area contributed by atoms with Crippen molar-refractivity contribution in [3.63, 3.8) is 0 Å². The van der Waals surface area contributed by atoms with Crippen LogP contribution in [0.2, 0.25) is 10.0 Å². The molecular weight excluding hydrogens is 719 g/mol. The van der Waals surface area contributed by atoms with E-state index in [0.717, 1.165) is 53.7 Å². The first-order valence-corrected chi connectivity index (χ1v) is 18.1. The summed E-state index contributed by atoms with van der Waals surface area (Å²) < 4.78 is 20.8. The number of benzene rings is 4. The number of halogens is 2. The van der Waals surface area contributed by atoms with Crippen molar-refractivity contribution in [2.75, 3.05) is 26.4 Å². The highest BCUT2D eigenvalue weighted by Crippen LogP contribution is 2.39. The second kappa shape index (κ2) is 20.2. The van der Waals surface area contributed by atoms with Crippen LogP contribution in [0.3, 0.4) is 0 Å². The average Bonchev–Trinajstić information content (AvgIpc) is 3.08. The third-order valence-electron chi connectivity index (χ3n) is 6.96. The minimum atomic E-state index is -0.389. The van der Waals surface area contributed by atoms with E-state index in [4.69, 9.17) is 47.3 Å². The van der Waals surface area contributed by atoms with Gasteiger partial charge in [0.1, 0.15) is 17.8 Å². The van der Waals surface area contributed by atoms with Gasteiger partial charge in [-0.05, 0) is 118 Å². The maximum Gasteiger partial charge on any atom is 0.344 e. The predicted molar refractivity (Wildman–Crippen MR) is 199 cm³/mol. The molecule has 0 saturated heterocycles. The third-order valence-corrected chi connectivity index (χ3v) is 10.3. The summed E-state index contributed by atoms with van der Waals surface area (Å²) in [6.45, 7) is 11.7. The number of carbonyl (C=O) groups is 3. The number of aliphatic hydroxyl groups is 1. The van der Waals surface area contributed by atoms with Gasteiger partial charge in [-0.1, -0.05) is 58.9 Å². The van der Waals surface area contributed by atoms with E-state index in [2.05, 4.69) is 0 Å². The van der Waals surface area contributed by atoms with E-state index in [1.807, 2.05) is 70.2 Å². The standard InChI is InChI=1S/C19H21ClO4S.C19H19ClO4S/c2*1-4-23-19(22)11-24-16-7-13(3)18(8-12(16)2)25-17-6-5-14(10-21)9-15(17)20/h5-9,21H,4,10-11H2,1-3H3;5-10H,4,11H2,1-3H3. The normalized spacial score (nSPS) is 10.5. The molecule has 0 amide bonds. The zero-order chi connectivity index (χ0) is 36.8. The monoisotopic (exact) mass is 758 g/mol. The number of carbonyl (C=O) groups excluding carboxylic acids is 3. The van der Waals surface area contributed by atoms with Gasteiger partial charge in [0.05, 0.1) is 29.9 Å². The molecule has 50 heavy (non-hydrogen) atoms. The van der Waals surface area contributed by atoms with Crippen LogP contribution in [0.25, 0.3) is 0 Å². The lowest BCUT2D eigenvalue weighted by Gasteiger charge is -2.13. The molecule has 266 valence electrons. The van der Waals surface area contributed by atoms with Crippen LogP contribution >= 0.6 is 46.7 Å². The van der Waals surface area contributed by atoms with E-state index in [1.165, 1.54) is 11.8 Å². The topological polar surface area (TPSA) is 108 Å². The number of aryl methyl sites for hydroxylation is 4. The molecule has 4 rings (SSSR count). The molecule has 8 nitrogen and oxygen atoms in total. The first-order chi connectivity index (χ1) is 23.9. The maximum atomic E-state index is 11.4. The van der Waals surface area contributed by atoms with Crippen LogP contribution in [0.4, 0.5) is 0 Å². The Morgan fingerprint density at radius 3 is 1.52 bits per heavy atom. The van der Waals surface area contributed by atoms with Crippen molar-refractivity contribution < 1.29 is 38.4 Å². The molecule has 0 spiro atoms. The van der Waals surface area contributed by atoms with Gasteiger partial charge in [0.2, 0.25) is 0 Å². The van der Waals surface area contributed by atoms with Gasteiger partial charge in [-0.3, -0.25) is 4.79 Å². The van der Waals surface area contributed by atoms with Crippen molar-refractivity contribution >= 4 is 65.0 Å². The second-order valence-electron chi connectivity index (χ2n) is 10.9. The lowest BCUT2D eigenvalue weighted by Crippen LogP contribution is -2.15. The third kappa shape index (κ3) is 12.3. The maximum absolute atomic E-state index is 11.4. The first kappa shape index (κ1) is 40.8. The fraction of sp³-hybridized carbons (Fsp3) is 0.289. The van der Waals surface area contributed by atoms with Crippen LogP contribution in [0, 0.1) is 27.7 Å². The Balaban J connectivity index is 0.000000270. The number of ether oxygens (including phenoxy) is 4. The lowest BCUT2D eigenvalue weighted by molar-refractivity contribution is -0.146. The molecule has 0 bridgehead atoms. The van der Waals surface area contributed by atoms with Crippen molar-refractivity contribution in [3.8, 4) is 11.5 Å². The SMILES string of the molecule is CCOC(=O)COc1cc(C)c(Sc2ccc(C=O)cc2Cl)cc1C.CCOC(=O)COc1cc(C)c(Sc2ccc(CO)cc2Cl)cc1C. The first-order valence-electron chi connectivity index (χ1n) is 15.7. The Hall–Kier alpha value is -3.67. The summed E-state index contributed by atoms with van der Waals surface area (Å²) in [5.41, 5.74) is 5.20. The molecule has 0 aliphatic rings. The molecule has 4 aromatic rings. The number of hydrogen-bond donors (Lipinski definition) is 1. The number of esters is 2. The molecule has 0 atom stereocenters. The number of hydrogen-bond acceptors (Lipinski definition) is 10. The Kier molecular flexibility index (Phi) is 16.5. The van der Waals surface area contributed by atoms with Gasteiger partial charge >= 0.3 is 11.9 Å². The highest BCUT2D eigenvalue weighted by molar-refractivity contribution is 7.99. The molecule has 0 fully saturated rings. The van der Waals surface area contributed by atoms with Crippen molar-refractivity contribution in [1.82, 2.24) is 0 Å². The number of rotatable bonds is 14. The van der Waals surface area contributed by atoms with Gasteiger partial charge in [-0.25, -0.2) is 9.59 Å². The van der Waals surface area contributed by atoms with Gasteiger partial charge in [-0.15, -0.1) is 0 Å². The average molecular weight is 760 g/mol. The minimum Gasteiger partial charge on any atom is -0.482 e. The van der Waals surface area contributed by atoms with Crippen molar-refractivity contribution in [2.45, 2.75) is 67.7 Å². The number of aliphatic hydroxyl groups excluding tert-OH is 1. The van der Waals surface area contributed by atoms with Crippen LogP contribution in [0.5, 0.6) is 11.5 Å². The molecule has 4 aromatic carbocycles. The largest absolute Gasteiger partial charge is 0.482 e. The molecule has 1 N–H and O–H groups in total. The Morgan fingerprint density at radius 2 is 1.12 bits per heavy atom. The van der Waals surface area contributed by atoms with E-state index in [9.17, 15) is 14.4 Å². The molecule has 0 aromatic heterocycles. The molecular formula is C38H40Cl2O8S2. The zero-order valence-electron chi connectivity index (χ0n) is 28.8. The molecule has 0 aliphatic carbocycles. The molecule has 12 heteroatoms. The zero-order valence-corrected chi connectivity index (χ0v) is 31.9. The summed E-state index contributed by atoms with van der Waals surface area (Å²) in [5.74, 6) is 0.544. The van der Waals surface area contributed by atoms with E-state index in [1.54, 1.807) is 43.8 Å². The summed E-state index contributed by atoms with van der Waals surface area (Å²) in [7, 11) is 0.